The molecule has 7 nitrogen and oxygen atoms in total. The lowest BCUT2D eigenvalue weighted by atomic mass is 10.2. The standard InChI is InChI=1S/C17H16ClFN4O3/c1-9(2)16-20-13(26-22-16)8-25-17(24)14-10(3)21-23(15(14)18)12-6-4-11(19)5-7-12/h4-7,9H,8H2,1-3H3. The van der Waals surface area contributed by atoms with Gasteiger partial charge in [0.1, 0.15) is 16.5 Å². The summed E-state index contributed by atoms with van der Waals surface area (Å²) in [6.07, 6.45) is 0. The largest absolute Gasteiger partial charge is 0.452 e. The molecule has 0 N–H and O–H groups in total. The second kappa shape index (κ2) is 7.25. The van der Waals surface area contributed by atoms with Gasteiger partial charge in [-0.25, -0.2) is 13.9 Å². The van der Waals surface area contributed by atoms with Crippen molar-refractivity contribution in [3.8, 4) is 5.69 Å². The van der Waals surface area contributed by atoms with Gasteiger partial charge in [-0.05, 0) is 31.2 Å². The first kappa shape index (κ1) is 18.1. The molecule has 0 bridgehead atoms. The van der Waals surface area contributed by atoms with E-state index in [1.807, 2.05) is 13.8 Å². The summed E-state index contributed by atoms with van der Waals surface area (Å²) in [6, 6.07) is 5.58. The van der Waals surface area contributed by atoms with E-state index in [1.165, 1.54) is 28.9 Å². The Morgan fingerprint density at radius 2 is 2.04 bits per heavy atom. The molecular formula is C17H16ClFN4O3. The summed E-state index contributed by atoms with van der Waals surface area (Å²) in [5, 5.41) is 8.10. The van der Waals surface area contributed by atoms with Crippen LogP contribution in [-0.4, -0.2) is 25.9 Å². The first-order chi connectivity index (χ1) is 12.4. The van der Waals surface area contributed by atoms with Gasteiger partial charge in [-0.1, -0.05) is 30.6 Å². The van der Waals surface area contributed by atoms with Crippen LogP contribution in [0.2, 0.25) is 5.15 Å². The lowest BCUT2D eigenvalue weighted by Gasteiger charge is -2.04. The number of carbonyl (C=O) groups excluding carboxylic acids is 1. The molecule has 0 fully saturated rings. The minimum atomic E-state index is -0.662. The average Bonchev–Trinajstić information content (AvgIpc) is 3.18. The van der Waals surface area contributed by atoms with E-state index in [0.717, 1.165) is 0 Å². The van der Waals surface area contributed by atoms with E-state index in [2.05, 4.69) is 15.2 Å². The predicted octanol–water partition coefficient (Wildman–Crippen LogP) is 3.84. The fraction of sp³-hybridized carbons (Fsp3) is 0.294. The second-order valence-electron chi connectivity index (χ2n) is 5.92. The number of rotatable bonds is 5. The highest BCUT2D eigenvalue weighted by molar-refractivity contribution is 6.33. The van der Waals surface area contributed by atoms with Crippen LogP contribution in [0.15, 0.2) is 28.8 Å². The van der Waals surface area contributed by atoms with Crippen molar-refractivity contribution < 1.29 is 18.4 Å². The number of halogens is 2. The zero-order valence-corrected chi connectivity index (χ0v) is 15.1. The van der Waals surface area contributed by atoms with E-state index in [4.69, 9.17) is 20.9 Å². The molecule has 0 atom stereocenters. The van der Waals surface area contributed by atoms with E-state index >= 15 is 0 Å². The Morgan fingerprint density at radius 3 is 2.65 bits per heavy atom. The molecule has 0 radical (unpaired) electrons. The monoisotopic (exact) mass is 378 g/mol. The van der Waals surface area contributed by atoms with Crippen molar-refractivity contribution >= 4 is 17.6 Å². The van der Waals surface area contributed by atoms with Crippen molar-refractivity contribution in [1.29, 1.82) is 0 Å². The minimum absolute atomic E-state index is 0.0764. The molecule has 0 aliphatic carbocycles. The van der Waals surface area contributed by atoms with Gasteiger partial charge in [0.25, 0.3) is 5.89 Å². The van der Waals surface area contributed by atoms with Gasteiger partial charge in [0.05, 0.1) is 11.4 Å². The van der Waals surface area contributed by atoms with Gasteiger partial charge in [0, 0.05) is 5.92 Å². The molecule has 0 unspecified atom stereocenters. The van der Waals surface area contributed by atoms with Gasteiger partial charge in [-0.2, -0.15) is 10.1 Å². The normalized spacial score (nSPS) is 11.2. The second-order valence-corrected chi connectivity index (χ2v) is 6.27. The Balaban J connectivity index is 1.78. The maximum atomic E-state index is 13.1. The zero-order valence-electron chi connectivity index (χ0n) is 14.4. The molecule has 0 saturated heterocycles. The topological polar surface area (TPSA) is 83.0 Å². The van der Waals surface area contributed by atoms with Crippen LogP contribution < -0.4 is 0 Å². The number of carbonyl (C=O) groups is 1. The van der Waals surface area contributed by atoms with Crippen molar-refractivity contribution in [3.05, 3.63) is 58.2 Å². The van der Waals surface area contributed by atoms with Crippen LogP contribution in [0.5, 0.6) is 0 Å². The zero-order chi connectivity index (χ0) is 18.8. The van der Waals surface area contributed by atoms with Gasteiger partial charge in [-0.3, -0.25) is 0 Å². The Kier molecular flexibility index (Phi) is 5.03. The third kappa shape index (κ3) is 3.60. The van der Waals surface area contributed by atoms with Crippen LogP contribution in [0.25, 0.3) is 5.69 Å². The number of benzene rings is 1. The quantitative estimate of drug-likeness (QED) is 0.627. The number of aryl methyl sites for hydroxylation is 1. The van der Waals surface area contributed by atoms with Gasteiger partial charge < -0.3 is 9.26 Å². The summed E-state index contributed by atoms with van der Waals surface area (Å²) >= 11 is 6.28. The Morgan fingerprint density at radius 1 is 1.35 bits per heavy atom. The molecule has 0 spiro atoms. The number of hydrogen-bond donors (Lipinski definition) is 0. The van der Waals surface area contributed by atoms with Gasteiger partial charge in [0.2, 0.25) is 0 Å². The number of aromatic nitrogens is 4. The highest BCUT2D eigenvalue weighted by atomic mass is 35.5. The Labute approximate surface area is 153 Å². The molecule has 26 heavy (non-hydrogen) atoms. The van der Waals surface area contributed by atoms with Crippen molar-refractivity contribution in [2.45, 2.75) is 33.3 Å². The highest BCUT2D eigenvalue weighted by Crippen LogP contribution is 2.25. The Hall–Kier alpha value is -2.74. The highest BCUT2D eigenvalue weighted by Gasteiger charge is 2.23. The molecule has 136 valence electrons. The summed E-state index contributed by atoms with van der Waals surface area (Å²) in [6.45, 7) is 5.31. The molecule has 3 aromatic rings. The van der Waals surface area contributed by atoms with Crippen molar-refractivity contribution in [2.75, 3.05) is 0 Å². The summed E-state index contributed by atoms with van der Waals surface area (Å²) in [4.78, 5) is 16.5. The molecule has 3 rings (SSSR count). The number of hydrogen-bond acceptors (Lipinski definition) is 6. The van der Waals surface area contributed by atoms with Crippen LogP contribution >= 0.6 is 11.6 Å². The van der Waals surface area contributed by atoms with Gasteiger partial charge in [0.15, 0.2) is 12.4 Å². The molecule has 0 aliphatic rings. The molecule has 1 aromatic carbocycles. The van der Waals surface area contributed by atoms with Crippen molar-refractivity contribution in [2.24, 2.45) is 0 Å². The van der Waals surface area contributed by atoms with Crippen LogP contribution in [0.4, 0.5) is 4.39 Å². The molecule has 0 amide bonds. The van der Waals surface area contributed by atoms with Crippen molar-refractivity contribution in [3.63, 3.8) is 0 Å². The number of esters is 1. The number of nitrogens with zero attached hydrogens (tertiary/aromatic N) is 4. The van der Waals surface area contributed by atoms with E-state index in [0.29, 0.717) is 17.2 Å². The SMILES string of the molecule is Cc1nn(-c2ccc(F)cc2)c(Cl)c1C(=O)OCc1nc(C(C)C)no1. The van der Waals surface area contributed by atoms with E-state index in [9.17, 15) is 9.18 Å². The first-order valence-electron chi connectivity index (χ1n) is 7.87. The Bertz CT molecular complexity index is 934. The first-order valence-corrected chi connectivity index (χ1v) is 8.25. The maximum Gasteiger partial charge on any atom is 0.343 e. The smallest absolute Gasteiger partial charge is 0.343 e. The van der Waals surface area contributed by atoms with Crippen molar-refractivity contribution in [1.82, 2.24) is 19.9 Å². The lowest BCUT2D eigenvalue weighted by Crippen LogP contribution is -2.07. The van der Waals surface area contributed by atoms with Gasteiger partial charge >= 0.3 is 5.97 Å². The molecular weight excluding hydrogens is 363 g/mol. The lowest BCUT2D eigenvalue weighted by molar-refractivity contribution is 0.0429. The van der Waals surface area contributed by atoms with Gasteiger partial charge in [-0.15, -0.1) is 0 Å². The number of ether oxygens (including phenoxy) is 1. The maximum absolute atomic E-state index is 13.1. The van der Waals surface area contributed by atoms with E-state index in [1.54, 1.807) is 6.92 Å². The van der Waals surface area contributed by atoms with E-state index in [-0.39, 0.29) is 34.9 Å². The predicted molar refractivity (Wildman–Crippen MR) is 90.8 cm³/mol. The molecule has 0 aliphatic heterocycles. The summed E-state index contributed by atoms with van der Waals surface area (Å²) in [5.41, 5.74) is 1.04. The third-order valence-corrected chi connectivity index (χ3v) is 3.96. The van der Waals surface area contributed by atoms with E-state index < -0.39 is 5.97 Å². The minimum Gasteiger partial charge on any atom is -0.452 e. The fourth-order valence-electron chi connectivity index (χ4n) is 2.25. The van der Waals surface area contributed by atoms with Crippen LogP contribution in [0.3, 0.4) is 0 Å². The third-order valence-electron chi connectivity index (χ3n) is 3.61. The van der Waals surface area contributed by atoms with Crippen LogP contribution in [0.1, 0.15) is 47.5 Å². The summed E-state index contributed by atoms with van der Waals surface area (Å²) in [7, 11) is 0. The average molecular weight is 379 g/mol. The molecule has 0 saturated carbocycles. The van der Waals surface area contributed by atoms with Crippen LogP contribution in [-0.2, 0) is 11.3 Å². The molecule has 2 heterocycles. The molecule has 9 heteroatoms. The fourth-order valence-corrected chi connectivity index (χ4v) is 2.59. The molecule has 2 aromatic heterocycles. The van der Waals surface area contributed by atoms with Crippen LogP contribution in [0, 0.1) is 12.7 Å². The summed E-state index contributed by atoms with van der Waals surface area (Å²) in [5.74, 6) is -0.205. The summed E-state index contributed by atoms with van der Waals surface area (Å²) < 4.78 is 24.7.